The maximum atomic E-state index is 8.36. The van der Waals surface area contributed by atoms with E-state index in [2.05, 4.69) is 20.9 Å². The summed E-state index contributed by atoms with van der Waals surface area (Å²) in [6.07, 6.45) is 2.85. The summed E-state index contributed by atoms with van der Waals surface area (Å²) >= 11 is 14.7. The van der Waals surface area contributed by atoms with Crippen molar-refractivity contribution in [2.75, 3.05) is 0 Å². The molecule has 1 rings (SSSR count). The number of aliphatic imine (C=N–C) groups is 1. The van der Waals surface area contributed by atoms with Crippen molar-refractivity contribution in [2.45, 2.75) is 0 Å². The number of hydrogen-bond donors (Lipinski definition) is 2. The molecule has 1 aromatic carbocycles. The first-order chi connectivity index (χ1) is 7.13. The van der Waals surface area contributed by atoms with Crippen LogP contribution in [-0.2, 0) is 0 Å². The van der Waals surface area contributed by atoms with Gasteiger partial charge in [0.1, 0.15) is 0 Å². The van der Waals surface area contributed by atoms with E-state index in [0.29, 0.717) is 20.2 Å². The quantitative estimate of drug-likeness (QED) is 0.657. The Morgan fingerprint density at radius 2 is 2.13 bits per heavy atom. The molecule has 0 aromatic heterocycles. The third-order valence-corrected chi connectivity index (χ3v) is 2.62. The standard InChI is InChI=1S/C9H7BrCl2N2O/c10-6(5-14-15)4-13-7-1-2-8(11)9(12)3-7/h1-5,14-15H/b6-5-,13-4?. The van der Waals surface area contributed by atoms with Gasteiger partial charge in [-0.3, -0.25) is 15.7 Å². The molecule has 0 amide bonds. The van der Waals surface area contributed by atoms with E-state index < -0.39 is 0 Å². The van der Waals surface area contributed by atoms with E-state index in [1.54, 1.807) is 18.2 Å². The van der Waals surface area contributed by atoms with Gasteiger partial charge >= 0.3 is 0 Å². The predicted molar refractivity (Wildman–Crippen MR) is 66.5 cm³/mol. The Balaban J connectivity index is 2.81. The fraction of sp³-hybridized carbons (Fsp3) is 0. The molecule has 0 radical (unpaired) electrons. The molecule has 2 N–H and O–H groups in total. The van der Waals surface area contributed by atoms with Crippen molar-refractivity contribution in [3.63, 3.8) is 0 Å². The lowest BCUT2D eigenvalue weighted by Gasteiger charge is -1.96. The SMILES string of the molecule is ON/C=C(\Br)C=Nc1ccc(Cl)c(Cl)c1. The van der Waals surface area contributed by atoms with Crippen molar-refractivity contribution in [3.8, 4) is 0 Å². The lowest BCUT2D eigenvalue weighted by molar-refractivity contribution is 0.214. The summed E-state index contributed by atoms with van der Waals surface area (Å²) in [6, 6.07) is 5.04. The van der Waals surface area contributed by atoms with Crippen LogP contribution < -0.4 is 5.48 Å². The lowest BCUT2D eigenvalue weighted by Crippen LogP contribution is -1.94. The van der Waals surface area contributed by atoms with Gasteiger partial charge in [0, 0.05) is 12.4 Å². The third-order valence-electron chi connectivity index (χ3n) is 1.44. The summed E-state index contributed by atoms with van der Waals surface area (Å²) in [5.41, 5.74) is 2.55. The average Bonchev–Trinajstić information content (AvgIpc) is 2.20. The highest BCUT2D eigenvalue weighted by Crippen LogP contribution is 2.26. The van der Waals surface area contributed by atoms with Crippen molar-refractivity contribution in [1.29, 1.82) is 0 Å². The molecule has 0 aliphatic heterocycles. The zero-order valence-corrected chi connectivity index (χ0v) is 10.5. The monoisotopic (exact) mass is 308 g/mol. The van der Waals surface area contributed by atoms with Gasteiger partial charge in [0.05, 0.1) is 20.2 Å². The molecular weight excluding hydrogens is 303 g/mol. The highest BCUT2D eigenvalue weighted by Gasteiger charge is 1.97. The molecule has 0 heterocycles. The maximum Gasteiger partial charge on any atom is 0.0645 e. The number of rotatable bonds is 3. The molecule has 80 valence electrons. The van der Waals surface area contributed by atoms with Gasteiger partial charge < -0.3 is 0 Å². The van der Waals surface area contributed by atoms with Gasteiger partial charge in [-0.05, 0) is 34.1 Å². The van der Waals surface area contributed by atoms with Crippen LogP contribution in [0.4, 0.5) is 5.69 Å². The Morgan fingerprint density at radius 3 is 2.73 bits per heavy atom. The van der Waals surface area contributed by atoms with Crippen LogP contribution in [0, 0.1) is 0 Å². The van der Waals surface area contributed by atoms with Gasteiger partial charge in [-0.2, -0.15) is 0 Å². The normalized spacial score (nSPS) is 12.1. The molecule has 15 heavy (non-hydrogen) atoms. The lowest BCUT2D eigenvalue weighted by atomic mass is 10.3. The van der Waals surface area contributed by atoms with E-state index in [1.807, 2.05) is 5.48 Å². The van der Waals surface area contributed by atoms with E-state index in [1.165, 1.54) is 12.4 Å². The minimum atomic E-state index is 0.451. The predicted octanol–water partition coefficient (Wildman–Crippen LogP) is 3.91. The molecule has 0 aliphatic carbocycles. The van der Waals surface area contributed by atoms with Crippen LogP contribution >= 0.6 is 39.1 Å². The Hall–Kier alpha value is -0.550. The third kappa shape index (κ3) is 4.22. The molecule has 3 nitrogen and oxygen atoms in total. The largest absolute Gasteiger partial charge is 0.292 e. The molecule has 0 spiro atoms. The van der Waals surface area contributed by atoms with Crippen molar-refractivity contribution in [1.82, 2.24) is 5.48 Å². The first-order valence-electron chi connectivity index (χ1n) is 3.88. The summed E-state index contributed by atoms with van der Waals surface area (Å²) in [6.45, 7) is 0. The van der Waals surface area contributed by atoms with Crippen LogP contribution in [0.5, 0.6) is 0 Å². The van der Waals surface area contributed by atoms with Gasteiger partial charge in [-0.15, -0.1) is 0 Å². The van der Waals surface area contributed by atoms with Crippen LogP contribution in [0.3, 0.4) is 0 Å². The average molecular weight is 310 g/mol. The highest BCUT2D eigenvalue weighted by atomic mass is 79.9. The summed E-state index contributed by atoms with van der Waals surface area (Å²) in [5, 5.41) is 9.30. The molecule has 0 fully saturated rings. The van der Waals surface area contributed by atoms with Gasteiger partial charge in [0.25, 0.3) is 0 Å². The van der Waals surface area contributed by atoms with Crippen LogP contribution in [0.1, 0.15) is 0 Å². The fourth-order valence-electron chi connectivity index (χ4n) is 0.800. The maximum absolute atomic E-state index is 8.36. The Labute approximate surface area is 106 Å². The van der Waals surface area contributed by atoms with Gasteiger partial charge in [0.15, 0.2) is 0 Å². The topological polar surface area (TPSA) is 44.6 Å². The molecule has 0 saturated heterocycles. The summed E-state index contributed by atoms with van der Waals surface area (Å²) in [4.78, 5) is 4.09. The first kappa shape index (κ1) is 12.5. The summed E-state index contributed by atoms with van der Waals surface area (Å²) in [7, 11) is 0. The molecule has 0 saturated carbocycles. The Kier molecular flexibility index (Phi) is 5.11. The second-order valence-electron chi connectivity index (χ2n) is 2.51. The number of hydrogen-bond acceptors (Lipinski definition) is 3. The molecule has 0 unspecified atom stereocenters. The number of halogens is 3. The molecular formula is C9H7BrCl2N2O. The minimum absolute atomic E-state index is 0.451. The molecule has 0 aliphatic rings. The second kappa shape index (κ2) is 6.12. The van der Waals surface area contributed by atoms with Crippen molar-refractivity contribution in [3.05, 3.63) is 38.9 Å². The second-order valence-corrected chi connectivity index (χ2v) is 4.25. The van der Waals surface area contributed by atoms with Crippen molar-refractivity contribution in [2.24, 2.45) is 4.99 Å². The summed E-state index contributed by atoms with van der Waals surface area (Å²) in [5.74, 6) is 0. The number of benzene rings is 1. The van der Waals surface area contributed by atoms with Gasteiger partial charge in [-0.25, -0.2) is 0 Å². The molecule has 6 heteroatoms. The number of allylic oxidation sites excluding steroid dienone is 1. The van der Waals surface area contributed by atoms with Crippen LogP contribution in [0.15, 0.2) is 33.9 Å². The van der Waals surface area contributed by atoms with Crippen LogP contribution in [-0.4, -0.2) is 11.4 Å². The molecule has 1 aromatic rings. The minimum Gasteiger partial charge on any atom is -0.292 e. The van der Waals surface area contributed by atoms with E-state index in [4.69, 9.17) is 28.4 Å². The highest BCUT2D eigenvalue weighted by molar-refractivity contribution is 9.12. The Morgan fingerprint density at radius 1 is 1.40 bits per heavy atom. The number of nitrogens with zero attached hydrogens (tertiary/aromatic N) is 1. The van der Waals surface area contributed by atoms with E-state index >= 15 is 0 Å². The molecule has 0 bridgehead atoms. The van der Waals surface area contributed by atoms with Gasteiger partial charge in [0.2, 0.25) is 0 Å². The van der Waals surface area contributed by atoms with Crippen LogP contribution in [0.25, 0.3) is 0 Å². The smallest absolute Gasteiger partial charge is 0.0645 e. The van der Waals surface area contributed by atoms with E-state index in [-0.39, 0.29) is 0 Å². The van der Waals surface area contributed by atoms with Crippen LogP contribution in [0.2, 0.25) is 10.0 Å². The Bertz CT molecular complexity index is 407. The zero-order valence-electron chi connectivity index (χ0n) is 7.42. The van der Waals surface area contributed by atoms with E-state index in [9.17, 15) is 0 Å². The number of nitrogens with one attached hydrogen (secondary N) is 1. The van der Waals surface area contributed by atoms with Crippen molar-refractivity contribution < 1.29 is 5.21 Å². The van der Waals surface area contributed by atoms with Gasteiger partial charge in [-0.1, -0.05) is 23.2 Å². The first-order valence-corrected chi connectivity index (χ1v) is 5.43. The number of hydroxylamine groups is 1. The van der Waals surface area contributed by atoms with E-state index in [0.717, 1.165) is 0 Å². The fourth-order valence-corrected chi connectivity index (χ4v) is 1.30. The summed E-state index contributed by atoms with van der Waals surface area (Å²) < 4.78 is 0.594. The van der Waals surface area contributed by atoms with Crippen molar-refractivity contribution >= 4 is 51.0 Å². The molecule has 0 atom stereocenters. The zero-order chi connectivity index (χ0) is 11.3.